The van der Waals surface area contributed by atoms with E-state index in [1.165, 1.54) is 12.0 Å². The van der Waals surface area contributed by atoms with Crippen LogP contribution >= 0.6 is 11.6 Å². The van der Waals surface area contributed by atoms with Crippen LogP contribution in [0.25, 0.3) is 5.57 Å². The Bertz CT molecular complexity index is 544. The summed E-state index contributed by atoms with van der Waals surface area (Å²) in [5.74, 6) is 1.32. The van der Waals surface area contributed by atoms with Crippen molar-refractivity contribution in [2.24, 2.45) is 11.8 Å². The van der Waals surface area contributed by atoms with Gasteiger partial charge in [0, 0.05) is 12.7 Å². The number of piperidine rings is 1. The van der Waals surface area contributed by atoms with Gasteiger partial charge >= 0.3 is 0 Å². The molecule has 1 aromatic heterocycles. The molecule has 4 heteroatoms. The van der Waals surface area contributed by atoms with E-state index in [2.05, 4.69) is 22.4 Å². The zero-order chi connectivity index (χ0) is 12.5. The first-order valence-corrected chi connectivity index (χ1v) is 6.64. The molecule has 2 aliphatic rings. The lowest BCUT2D eigenvalue weighted by Gasteiger charge is -2.28. The molecule has 2 heterocycles. The van der Waals surface area contributed by atoms with Gasteiger partial charge in [-0.15, -0.1) is 0 Å². The fraction of sp³-hybridized carbons (Fsp3) is 0.429. The number of nitrogens with one attached hydrogen (secondary N) is 1. The fourth-order valence-corrected chi connectivity index (χ4v) is 3.15. The number of nitriles is 1. The molecule has 1 aliphatic carbocycles. The van der Waals surface area contributed by atoms with Gasteiger partial charge in [0.15, 0.2) is 0 Å². The topological polar surface area (TPSA) is 48.7 Å². The van der Waals surface area contributed by atoms with E-state index in [4.69, 9.17) is 16.9 Å². The van der Waals surface area contributed by atoms with Gasteiger partial charge in [-0.1, -0.05) is 17.7 Å². The molecule has 1 aromatic rings. The molecule has 0 amide bonds. The van der Waals surface area contributed by atoms with E-state index in [1.807, 2.05) is 6.07 Å². The van der Waals surface area contributed by atoms with E-state index in [-0.39, 0.29) is 5.15 Å². The maximum Gasteiger partial charge on any atom is 0.146 e. The van der Waals surface area contributed by atoms with Crippen LogP contribution in [0.3, 0.4) is 0 Å². The zero-order valence-electron chi connectivity index (χ0n) is 9.99. The zero-order valence-corrected chi connectivity index (χ0v) is 10.7. The lowest BCUT2D eigenvalue weighted by atomic mass is 9.84. The van der Waals surface area contributed by atoms with Crippen molar-refractivity contribution in [2.75, 3.05) is 13.1 Å². The molecule has 0 unspecified atom stereocenters. The molecule has 2 atom stereocenters. The predicted octanol–water partition coefficient (Wildman–Crippen LogP) is 2.62. The number of nitrogens with zero attached hydrogens (tertiary/aromatic N) is 2. The Morgan fingerprint density at radius 1 is 1.50 bits per heavy atom. The van der Waals surface area contributed by atoms with Crippen LogP contribution in [-0.2, 0) is 0 Å². The minimum atomic E-state index is 0.290. The summed E-state index contributed by atoms with van der Waals surface area (Å²) in [7, 11) is 0. The molecular weight excluding hydrogens is 246 g/mol. The van der Waals surface area contributed by atoms with Gasteiger partial charge in [-0.2, -0.15) is 5.26 Å². The number of hydrogen-bond donors (Lipinski definition) is 1. The maximum atomic E-state index is 9.01. The van der Waals surface area contributed by atoms with Crippen molar-refractivity contribution in [1.29, 1.82) is 5.26 Å². The second kappa shape index (κ2) is 4.72. The Balaban J connectivity index is 1.94. The Hall–Kier alpha value is -1.37. The SMILES string of the molecule is N#Cc1cc(C2=CC[C@@H]3CCNC[C@H]23)cnc1Cl. The highest BCUT2D eigenvalue weighted by molar-refractivity contribution is 6.30. The Morgan fingerprint density at radius 3 is 3.22 bits per heavy atom. The largest absolute Gasteiger partial charge is 0.316 e. The van der Waals surface area contributed by atoms with Gasteiger partial charge in [-0.3, -0.25) is 0 Å². The number of allylic oxidation sites excluding steroid dienone is 1. The average molecular weight is 260 g/mol. The van der Waals surface area contributed by atoms with Crippen LogP contribution in [0.15, 0.2) is 18.3 Å². The van der Waals surface area contributed by atoms with E-state index in [9.17, 15) is 0 Å². The van der Waals surface area contributed by atoms with Crippen LogP contribution in [0, 0.1) is 23.2 Å². The van der Waals surface area contributed by atoms with Crippen LogP contribution in [0.5, 0.6) is 0 Å². The van der Waals surface area contributed by atoms with Crippen molar-refractivity contribution >= 4 is 17.2 Å². The molecule has 0 aromatic carbocycles. The third-order valence-corrected chi connectivity index (χ3v) is 4.26. The molecule has 18 heavy (non-hydrogen) atoms. The third kappa shape index (κ3) is 1.92. The first kappa shape index (κ1) is 11.7. The standard InChI is InChI=1S/C14H14ClN3/c15-14-10(6-16)5-11(7-18-14)12-2-1-9-3-4-17-8-13(9)12/h2,5,7,9,13,17H,1,3-4,8H2/t9-,13+/m1/s1. The van der Waals surface area contributed by atoms with Gasteiger partial charge in [0.05, 0.1) is 5.56 Å². The number of rotatable bonds is 1. The summed E-state index contributed by atoms with van der Waals surface area (Å²) in [5, 5.41) is 12.7. The molecule has 3 nitrogen and oxygen atoms in total. The maximum absolute atomic E-state index is 9.01. The monoisotopic (exact) mass is 259 g/mol. The van der Waals surface area contributed by atoms with Gasteiger partial charge in [-0.05, 0) is 48.4 Å². The van der Waals surface area contributed by atoms with Crippen LogP contribution in [-0.4, -0.2) is 18.1 Å². The van der Waals surface area contributed by atoms with Crippen LogP contribution in [0.4, 0.5) is 0 Å². The Morgan fingerprint density at radius 2 is 2.39 bits per heavy atom. The highest BCUT2D eigenvalue weighted by Crippen LogP contribution is 2.41. The predicted molar refractivity (Wildman–Crippen MR) is 71.0 cm³/mol. The second-order valence-corrected chi connectivity index (χ2v) is 5.29. The Labute approximate surface area is 111 Å². The lowest BCUT2D eigenvalue weighted by Crippen LogP contribution is -2.34. The Kier molecular flexibility index (Phi) is 3.07. The number of halogens is 1. The molecule has 1 N–H and O–H groups in total. The minimum Gasteiger partial charge on any atom is -0.316 e. The quantitative estimate of drug-likeness (QED) is 0.789. The van der Waals surface area contributed by atoms with Crippen molar-refractivity contribution in [3.8, 4) is 6.07 Å². The van der Waals surface area contributed by atoms with Crippen molar-refractivity contribution in [1.82, 2.24) is 10.3 Å². The third-order valence-electron chi connectivity index (χ3n) is 3.96. The average Bonchev–Trinajstić information content (AvgIpc) is 2.83. The van der Waals surface area contributed by atoms with E-state index in [1.54, 1.807) is 6.20 Å². The van der Waals surface area contributed by atoms with Crippen LogP contribution < -0.4 is 5.32 Å². The highest BCUT2D eigenvalue weighted by atomic mass is 35.5. The normalized spacial score (nSPS) is 26.3. The molecule has 1 saturated heterocycles. The molecule has 0 bridgehead atoms. The summed E-state index contributed by atoms with van der Waals surface area (Å²) in [6, 6.07) is 3.95. The number of aromatic nitrogens is 1. The van der Waals surface area contributed by atoms with E-state index in [0.717, 1.165) is 31.0 Å². The van der Waals surface area contributed by atoms with E-state index in [0.29, 0.717) is 11.5 Å². The molecule has 3 rings (SSSR count). The van der Waals surface area contributed by atoms with E-state index < -0.39 is 0 Å². The molecular formula is C14H14ClN3. The fourth-order valence-electron chi connectivity index (χ4n) is 3.00. The van der Waals surface area contributed by atoms with Gasteiger partial charge in [0.1, 0.15) is 11.2 Å². The summed E-state index contributed by atoms with van der Waals surface area (Å²) in [6.45, 7) is 2.14. The van der Waals surface area contributed by atoms with Gasteiger partial charge in [0.2, 0.25) is 0 Å². The summed E-state index contributed by atoms with van der Waals surface area (Å²) in [4.78, 5) is 4.11. The summed E-state index contributed by atoms with van der Waals surface area (Å²) in [5.41, 5.74) is 2.84. The molecule has 92 valence electrons. The molecule has 0 saturated carbocycles. The number of fused-ring (bicyclic) bond motifs is 1. The minimum absolute atomic E-state index is 0.290. The molecule has 0 radical (unpaired) electrons. The summed E-state index contributed by atoms with van der Waals surface area (Å²) >= 11 is 5.88. The number of pyridine rings is 1. The first-order valence-electron chi connectivity index (χ1n) is 6.26. The van der Waals surface area contributed by atoms with Gasteiger partial charge in [0.25, 0.3) is 0 Å². The van der Waals surface area contributed by atoms with Gasteiger partial charge < -0.3 is 5.32 Å². The van der Waals surface area contributed by atoms with Crippen molar-refractivity contribution in [3.63, 3.8) is 0 Å². The van der Waals surface area contributed by atoms with Crippen molar-refractivity contribution < 1.29 is 0 Å². The van der Waals surface area contributed by atoms with Crippen molar-refractivity contribution in [3.05, 3.63) is 34.6 Å². The van der Waals surface area contributed by atoms with E-state index >= 15 is 0 Å². The molecule has 1 fully saturated rings. The molecule has 0 spiro atoms. The number of hydrogen-bond acceptors (Lipinski definition) is 3. The summed E-state index contributed by atoms with van der Waals surface area (Å²) < 4.78 is 0. The van der Waals surface area contributed by atoms with Crippen molar-refractivity contribution in [2.45, 2.75) is 12.8 Å². The lowest BCUT2D eigenvalue weighted by molar-refractivity contribution is 0.328. The molecule has 1 aliphatic heterocycles. The van der Waals surface area contributed by atoms with Gasteiger partial charge in [-0.25, -0.2) is 4.98 Å². The summed E-state index contributed by atoms with van der Waals surface area (Å²) in [6.07, 6.45) is 6.46. The van der Waals surface area contributed by atoms with Crippen LogP contribution in [0.1, 0.15) is 24.0 Å². The van der Waals surface area contributed by atoms with Crippen LogP contribution in [0.2, 0.25) is 5.15 Å². The highest BCUT2D eigenvalue weighted by Gasteiger charge is 2.32. The smallest absolute Gasteiger partial charge is 0.146 e. The first-order chi connectivity index (χ1) is 8.79. The second-order valence-electron chi connectivity index (χ2n) is 4.93.